The first-order valence-electron chi connectivity index (χ1n) is 5.80. The molecule has 0 saturated heterocycles. The molecule has 18 heavy (non-hydrogen) atoms. The second kappa shape index (κ2) is 4.42. The number of anilines is 1. The predicted molar refractivity (Wildman–Crippen MR) is 69.2 cm³/mol. The van der Waals surface area contributed by atoms with Gasteiger partial charge < -0.3 is 15.5 Å². The summed E-state index contributed by atoms with van der Waals surface area (Å²) in [7, 11) is 3.34. The zero-order valence-electron chi connectivity index (χ0n) is 10.8. The van der Waals surface area contributed by atoms with Crippen LogP contribution in [0.25, 0.3) is 0 Å². The maximum atomic E-state index is 12.1. The average Bonchev–Trinajstić information content (AvgIpc) is 2.56. The molecule has 1 aliphatic heterocycles. The van der Waals surface area contributed by atoms with Gasteiger partial charge in [0.1, 0.15) is 12.6 Å². The number of fused-ring (bicyclic) bond motifs is 1. The van der Waals surface area contributed by atoms with E-state index >= 15 is 0 Å². The molecular formula is C13H17N3O2. The predicted octanol–water partition coefficient (Wildman–Crippen LogP) is 0.430. The summed E-state index contributed by atoms with van der Waals surface area (Å²) in [6, 6.07) is 4.97. The van der Waals surface area contributed by atoms with Gasteiger partial charge in [0.2, 0.25) is 11.8 Å². The number of benzene rings is 1. The summed E-state index contributed by atoms with van der Waals surface area (Å²) in [5.74, 6) is -0.332. The fourth-order valence-corrected chi connectivity index (χ4v) is 2.15. The van der Waals surface area contributed by atoms with Crippen LogP contribution < -0.4 is 10.6 Å². The molecule has 1 heterocycles. The molecule has 1 aromatic rings. The van der Waals surface area contributed by atoms with Crippen molar-refractivity contribution in [3.8, 4) is 0 Å². The first-order chi connectivity index (χ1) is 8.43. The highest BCUT2D eigenvalue weighted by Gasteiger charge is 2.36. The van der Waals surface area contributed by atoms with Crippen molar-refractivity contribution in [3.05, 3.63) is 29.3 Å². The van der Waals surface area contributed by atoms with E-state index < -0.39 is 6.04 Å². The molecule has 0 radical (unpaired) electrons. The molecule has 5 nitrogen and oxygen atoms in total. The van der Waals surface area contributed by atoms with Crippen molar-refractivity contribution < 1.29 is 9.59 Å². The topological polar surface area (TPSA) is 66.6 Å². The van der Waals surface area contributed by atoms with E-state index in [1.807, 2.05) is 25.1 Å². The number of likely N-dealkylation sites (N-methyl/N-ethyl adjacent to an activating group) is 1. The summed E-state index contributed by atoms with van der Waals surface area (Å²) in [6.07, 6.45) is 0. The Morgan fingerprint density at radius 1 is 1.44 bits per heavy atom. The Morgan fingerprint density at radius 2 is 2.11 bits per heavy atom. The average molecular weight is 247 g/mol. The van der Waals surface area contributed by atoms with E-state index in [4.69, 9.17) is 5.73 Å². The monoisotopic (exact) mass is 247 g/mol. The van der Waals surface area contributed by atoms with Crippen LogP contribution in [-0.4, -0.2) is 37.4 Å². The lowest BCUT2D eigenvalue weighted by Gasteiger charge is -2.20. The highest BCUT2D eigenvalue weighted by molar-refractivity contribution is 6.08. The van der Waals surface area contributed by atoms with E-state index in [1.54, 1.807) is 14.1 Å². The number of hydrogen-bond donors (Lipinski definition) is 1. The second-order valence-corrected chi connectivity index (χ2v) is 4.70. The number of hydrogen-bond acceptors (Lipinski definition) is 3. The highest BCUT2D eigenvalue weighted by atomic mass is 16.2. The van der Waals surface area contributed by atoms with Gasteiger partial charge in [-0.05, 0) is 12.5 Å². The van der Waals surface area contributed by atoms with Crippen LogP contribution in [0.4, 0.5) is 5.69 Å². The molecule has 0 spiro atoms. The molecule has 0 bridgehead atoms. The summed E-state index contributed by atoms with van der Waals surface area (Å²) in [6.45, 7) is 1.95. The summed E-state index contributed by atoms with van der Waals surface area (Å²) in [4.78, 5) is 26.8. The van der Waals surface area contributed by atoms with E-state index in [0.29, 0.717) is 0 Å². The summed E-state index contributed by atoms with van der Waals surface area (Å²) in [5, 5.41) is 0. The summed E-state index contributed by atoms with van der Waals surface area (Å²) >= 11 is 0. The van der Waals surface area contributed by atoms with Gasteiger partial charge in [0, 0.05) is 19.7 Å². The molecule has 5 heteroatoms. The van der Waals surface area contributed by atoms with Crippen molar-refractivity contribution in [2.75, 3.05) is 25.5 Å². The van der Waals surface area contributed by atoms with Gasteiger partial charge in [-0.1, -0.05) is 18.2 Å². The standard InChI is InChI=1S/C13H17N3O2/c1-8-5-4-6-9-11(14)13(18)16(12(8)9)7-10(17)15(2)3/h4-6,11H,7,14H2,1-3H3. The zero-order chi connectivity index (χ0) is 13.4. The van der Waals surface area contributed by atoms with E-state index in [2.05, 4.69) is 0 Å². The van der Waals surface area contributed by atoms with E-state index in [-0.39, 0.29) is 18.4 Å². The van der Waals surface area contributed by atoms with Crippen LogP contribution in [0.2, 0.25) is 0 Å². The van der Waals surface area contributed by atoms with E-state index in [9.17, 15) is 9.59 Å². The van der Waals surface area contributed by atoms with Crippen LogP contribution in [0.3, 0.4) is 0 Å². The first-order valence-corrected chi connectivity index (χ1v) is 5.80. The number of nitrogens with zero attached hydrogens (tertiary/aromatic N) is 2. The van der Waals surface area contributed by atoms with Crippen molar-refractivity contribution in [2.45, 2.75) is 13.0 Å². The summed E-state index contributed by atoms with van der Waals surface area (Å²) < 4.78 is 0. The Hall–Kier alpha value is -1.88. The lowest BCUT2D eigenvalue weighted by Crippen LogP contribution is -2.40. The van der Waals surface area contributed by atoms with Gasteiger partial charge in [-0.2, -0.15) is 0 Å². The normalized spacial score (nSPS) is 17.9. The maximum Gasteiger partial charge on any atom is 0.249 e. The number of aryl methyl sites for hydroxylation is 1. The lowest BCUT2D eigenvalue weighted by atomic mass is 10.1. The molecule has 2 amide bonds. The van der Waals surface area contributed by atoms with Crippen LogP contribution in [0, 0.1) is 6.92 Å². The van der Waals surface area contributed by atoms with Crippen LogP contribution >= 0.6 is 0 Å². The highest BCUT2D eigenvalue weighted by Crippen LogP contribution is 2.36. The van der Waals surface area contributed by atoms with Gasteiger partial charge in [0.15, 0.2) is 0 Å². The van der Waals surface area contributed by atoms with Crippen LogP contribution in [0.1, 0.15) is 17.2 Å². The van der Waals surface area contributed by atoms with Crippen molar-refractivity contribution in [1.82, 2.24) is 4.90 Å². The summed E-state index contributed by atoms with van der Waals surface area (Å²) in [5.41, 5.74) is 8.42. The minimum absolute atomic E-state index is 0.0391. The molecular weight excluding hydrogens is 230 g/mol. The number of nitrogens with two attached hydrogens (primary N) is 1. The fraction of sp³-hybridized carbons (Fsp3) is 0.385. The van der Waals surface area contributed by atoms with Crippen molar-refractivity contribution in [2.24, 2.45) is 5.73 Å². The third-order valence-corrected chi connectivity index (χ3v) is 3.20. The van der Waals surface area contributed by atoms with E-state index in [0.717, 1.165) is 16.8 Å². The van der Waals surface area contributed by atoms with Gasteiger partial charge in [0.05, 0.1) is 5.69 Å². The smallest absolute Gasteiger partial charge is 0.249 e. The molecule has 1 aromatic carbocycles. The van der Waals surface area contributed by atoms with Crippen LogP contribution in [0.5, 0.6) is 0 Å². The van der Waals surface area contributed by atoms with Crippen molar-refractivity contribution >= 4 is 17.5 Å². The van der Waals surface area contributed by atoms with E-state index in [1.165, 1.54) is 9.80 Å². The second-order valence-electron chi connectivity index (χ2n) is 4.70. The third kappa shape index (κ3) is 1.86. The van der Waals surface area contributed by atoms with Crippen LogP contribution in [-0.2, 0) is 9.59 Å². The van der Waals surface area contributed by atoms with Gasteiger partial charge in [-0.3, -0.25) is 9.59 Å². The maximum absolute atomic E-state index is 12.1. The number of carbonyl (C=O) groups is 2. The number of amides is 2. The Labute approximate surface area is 106 Å². The minimum Gasteiger partial charge on any atom is -0.347 e. The van der Waals surface area contributed by atoms with Crippen LogP contribution in [0.15, 0.2) is 18.2 Å². The van der Waals surface area contributed by atoms with Gasteiger partial charge in [-0.25, -0.2) is 0 Å². The first kappa shape index (κ1) is 12.6. The molecule has 0 fully saturated rings. The Bertz CT molecular complexity index is 511. The zero-order valence-corrected chi connectivity index (χ0v) is 10.8. The van der Waals surface area contributed by atoms with Crippen molar-refractivity contribution in [1.29, 1.82) is 0 Å². The number of para-hydroxylation sites is 1. The molecule has 0 aliphatic carbocycles. The molecule has 96 valence electrons. The molecule has 1 unspecified atom stereocenters. The molecule has 0 saturated carbocycles. The molecule has 1 atom stereocenters. The molecule has 2 N–H and O–H groups in total. The Balaban J connectivity index is 2.39. The minimum atomic E-state index is -0.658. The fourth-order valence-electron chi connectivity index (χ4n) is 2.15. The number of carbonyl (C=O) groups excluding carboxylic acids is 2. The van der Waals surface area contributed by atoms with Gasteiger partial charge >= 0.3 is 0 Å². The van der Waals surface area contributed by atoms with Gasteiger partial charge in [0.25, 0.3) is 0 Å². The Kier molecular flexibility index (Phi) is 3.09. The molecule has 2 rings (SSSR count). The largest absolute Gasteiger partial charge is 0.347 e. The Morgan fingerprint density at radius 3 is 2.72 bits per heavy atom. The third-order valence-electron chi connectivity index (χ3n) is 3.20. The lowest BCUT2D eigenvalue weighted by molar-refractivity contribution is -0.129. The SMILES string of the molecule is Cc1cccc2c1N(CC(=O)N(C)C)C(=O)C2N. The van der Waals surface area contributed by atoms with Gasteiger partial charge in [-0.15, -0.1) is 0 Å². The molecule has 1 aliphatic rings. The quantitative estimate of drug-likeness (QED) is 0.824. The van der Waals surface area contributed by atoms with Crippen molar-refractivity contribution in [3.63, 3.8) is 0 Å². The number of rotatable bonds is 2. The molecule has 0 aromatic heterocycles.